The molecule has 0 amide bonds. The summed E-state index contributed by atoms with van der Waals surface area (Å²) in [5.74, 6) is -0.906. The molecule has 0 bridgehead atoms. The molecule has 0 saturated carbocycles. The first kappa shape index (κ1) is 73.6. The van der Waals surface area contributed by atoms with Gasteiger partial charge in [-0.1, -0.05) is 286 Å². The van der Waals surface area contributed by atoms with Gasteiger partial charge >= 0.3 is 17.9 Å². The molecule has 0 heterocycles. The highest BCUT2D eigenvalue weighted by atomic mass is 16.6. The maximum atomic E-state index is 12.9. The monoisotopic (exact) mass is 1070 g/mol. The van der Waals surface area contributed by atoms with Gasteiger partial charge in [0.2, 0.25) is 0 Å². The van der Waals surface area contributed by atoms with Crippen LogP contribution in [0, 0.1) is 0 Å². The summed E-state index contributed by atoms with van der Waals surface area (Å²) in [7, 11) is 0. The predicted molar refractivity (Wildman–Crippen MR) is 334 cm³/mol. The second kappa shape index (κ2) is 65.1. The maximum absolute atomic E-state index is 12.9. The van der Waals surface area contributed by atoms with Crippen molar-refractivity contribution in [1.82, 2.24) is 0 Å². The molecule has 0 rings (SSSR count). The van der Waals surface area contributed by atoms with Gasteiger partial charge in [0.05, 0.1) is 0 Å². The summed E-state index contributed by atoms with van der Waals surface area (Å²) < 4.78 is 16.9. The molecule has 444 valence electrons. The van der Waals surface area contributed by atoms with E-state index in [4.69, 9.17) is 14.2 Å². The van der Waals surface area contributed by atoms with Gasteiger partial charge in [-0.15, -0.1) is 0 Å². The number of hydrogen-bond acceptors (Lipinski definition) is 6. The van der Waals surface area contributed by atoms with Gasteiger partial charge in [0, 0.05) is 19.3 Å². The van der Waals surface area contributed by atoms with Gasteiger partial charge in [-0.05, 0) is 109 Å². The fourth-order valence-electron chi connectivity index (χ4n) is 9.41. The second-order valence-electron chi connectivity index (χ2n) is 22.0. The molecule has 0 fully saturated rings. The van der Waals surface area contributed by atoms with Gasteiger partial charge in [0.1, 0.15) is 13.2 Å². The summed E-state index contributed by atoms with van der Waals surface area (Å²) in [6.07, 6.45) is 86.1. The van der Waals surface area contributed by atoms with Crippen LogP contribution < -0.4 is 0 Å². The molecule has 1 unspecified atom stereocenters. The highest BCUT2D eigenvalue weighted by molar-refractivity contribution is 5.71. The first-order chi connectivity index (χ1) is 38.0. The number of hydrogen-bond donors (Lipinski definition) is 0. The largest absolute Gasteiger partial charge is 0.462 e. The fourth-order valence-corrected chi connectivity index (χ4v) is 9.41. The molecule has 0 aromatic carbocycles. The van der Waals surface area contributed by atoms with E-state index in [0.717, 1.165) is 135 Å². The van der Waals surface area contributed by atoms with Crippen molar-refractivity contribution in [3.63, 3.8) is 0 Å². The molecule has 0 aromatic rings. The number of carbonyl (C=O) groups is 3. The molecule has 1 atom stereocenters. The standard InChI is InChI=1S/C71H124O6/c1-4-7-10-13-16-19-22-25-27-28-29-30-31-32-33-34-35-36-37-38-39-40-41-42-44-46-49-52-55-58-61-64-70(73)76-67-68(66-75-69(72)63-60-57-54-51-48-45-24-21-18-15-12-9-6-3)77-71(74)65-62-59-56-53-50-47-43-26-23-20-17-14-11-8-5-2/h8,11-12,15,17,20-22,24-26,28-29,43,68H,4-7,9-10,13-14,16,18-19,23,27,30-42,44-67H2,1-3H3/b11-8-,15-12-,20-17-,24-21-,25-22-,29-28-,43-26-. The van der Waals surface area contributed by atoms with Crippen molar-refractivity contribution in [2.75, 3.05) is 13.2 Å². The van der Waals surface area contributed by atoms with E-state index in [1.54, 1.807) is 0 Å². The molecule has 0 aliphatic carbocycles. The van der Waals surface area contributed by atoms with E-state index in [0.29, 0.717) is 19.3 Å². The van der Waals surface area contributed by atoms with Crippen molar-refractivity contribution in [2.24, 2.45) is 0 Å². The number of rotatable bonds is 60. The Morgan fingerprint density at radius 2 is 0.532 bits per heavy atom. The maximum Gasteiger partial charge on any atom is 0.306 e. The number of esters is 3. The van der Waals surface area contributed by atoms with Crippen LogP contribution in [0.25, 0.3) is 0 Å². The van der Waals surface area contributed by atoms with Crippen LogP contribution in [0.15, 0.2) is 85.1 Å². The minimum atomic E-state index is -0.791. The molecular weight excluding hydrogens is 949 g/mol. The molecule has 0 aliphatic heterocycles. The van der Waals surface area contributed by atoms with E-state index in [9.17, 15) is 14.4 Å². The van der Waals surface area contributed by atoms with Crippen molar-refractivity contribution in [1.29, 1.82) is 0 Å². The molecule has 0 saturated heterocycles. The summed E-state index contributed by atoms with van der Waals surface area (Å²) in [6, 6.07) is 0. The SMILES string of the molecule is CC/C=C\C/C=C\C/C=C\CCCCCCCC(=O)OC(COC(=O)CCCCCCC/C=C\C/C=C\CCC)COC(=O)CCCCCCCCCCCCCCCCCCCCC/C=C\C/C=C\CCCCCCC. The smallest absolute Gasteiger partial charge is 0.306 e. The second-order valence-corrected chi connectivity index (χ2v) is 22.0. The lowest BCUT2D eigenvalue weighted by atomic mass is 10.0. The number of carbonyl (C=O) groups excluding carboxylic acids is 3. The molecular formula is C71H124O6. The molecule has 0 aliphatic rings. The number of unbranched alkanes of at least 4 members (excludes halogenated alkanes) is 35. The average molecular weight is 1070 g/mol. The third-order valence-corrected chi connectivity index (χ3v) is 14.3. The van der Waals surface area contributed by atoms with Crippen LogP contribution in [0.2, 0.25) is 0 Å². The number of allylic oxidation sites excluding steroid dienone is 14. The highest BCUT2D eigenvalue weighted by Gasteiger charge is 2.19. The van der Waals surface area contributed by atoms with Crippen LogP contribution in [0.1, 0.15) is 329 Å². The Kier molecular flexibility index (Phi) is 62.2. The molecule has 0 aromatic heterocycles. The third kappa shape index (κ3) is 63.3. The van der Waals surface area contributed by atoms with E-state index in [-0.39, 0.29) is 31.1 Å². The Labute approximate surface area is 477 Å². The van der Waals surface area contributed by atoms with Gasteiger partial charge in [-0.2, -0.15) is 0 Å². The highest BCUT2D eigenvalue weighted by Crippen LogP contribution is 2.17. The number of ether oxygens (including phenoxy) is 3. The summed E-state index contributed by atoms with van der Waals surface area (Å²) in [5.41, 5.74) is 0. The van der Waals surface area contributed by atoms with Gasteiger partial charge in [-0.3, -0.25) is 14.4 Å². The lowest BCUT2D eigenvalue weighted by Crippen LogP contribution is -2.30. The Bertz CT molecular complexity index is 1470. The quantitative estimate of drug-likeness (QED) is 0.0261. The first-order valence-electron chi connectivity index (χ1n) is 33.1. The van der Waals surface area contributed by atoms with Gasteiger partial charge in [-0.25, -0.2) is 0 Å². The zero-order valence-corrected chi connectivity index (χ0v) is 51.0. The van der Waals surface area contributed by atoms with E-state index >= 15 is 0 Å². The van der Waals surface area contributed by atoms with Crippen LogP contribution in [-0.4, -0.2) is 37.2 Å². The predicted octanol–water partition coefficient (Wildman–Crippen LogP) is 22.7. The van der Waals surface area contributed by atoms with Gasteiger partial charge in [0.15, 0.2) is 6.10 Å². The third-order valence-electron chi connectivity index (χ3n) is 14.3. The van der Waals surface area contributed by atoms with Crippen molar-refractivity contribution >= 4 is 17.9 Å². The Morgan fingerprint density at radius 1 is 0.273 bits per heavy atom. The van der Waals surface area contributed by atoms with E-state index in [2.05, 4.69) is 106 Å². The molecule has 0 radical (unpaired) electrons. The van der Waals surface area contributed by atoms with Crippen molar-refractivity contribution < 1.29 is 28.6 Å². The average Bonchev–Trinajstić information content (AvgIpc) is 3.43. The van der Waals surface area contributed by atoms with Crippen LogP contribution in [0.4, 0.5) is 0 Å². The van der Waals surface area contributed by atoms with Gasteiger partial charge < -0.3 is 14.2 Å². The van der Waals surface area contributed by atoms with E-state index in [1.165, 1.54) is 154 Å². The molecule has 6 nitrogen and oxygen atoms in total. The van der Waals surface area contributed by atoms with Crippen molar-refractivity contribution in [3.05, 3.63) is 85.1 Å². The van der Waals surface area contributed by atoms with Crippen molar-refractivity contribution in [3.8, 4) is 0 Å². The zero-order chi connectivity index (χ0) is 55.7. The zero-order valence-electron chi connectivity index (χ0n) is 51.0. The lowest BCUT2D eigenvalue weighted by Gasteiger charge is -2.18. The molecule has 0 N–H and O–H groups in total. The summed E-state index contributed by atoms with van der Waals surface area (Å²) in [5, 5.41) is 0. The van der Waals surface area contributed by atoms with Crippen LogP contribution in [-0.2, 0) is 28.6 Å². The molecule has 0 spiro atoms. The van der Waals surface area contributed by atoms with Crippen LogP contribution >= 0.6 is 0 Å². The topological polar surface area (TPSA) is 78.9 Å². The Morgan fingerprint density at radius 3 is 0.844 bits per heavy atom. The Hall–Kier alpha value is -3.41. The summed E-state index contributed by atoms with van der Waals surface area (Å²) in [4.78, 5) is 38.3. The van der Waals surface area contributed by atoms with Crippen molar-refractivity contribution in [2.45, 2.75) is 335 Å². The normalized spacial score (nSPS) is 12.6. The van der Waals surface area contributed by atoms with Gasteiger partial charge in [0.25, 0.3) is 0 Å². The minimum Gasteiger partial charge on any atom is -0.462 e. The minimum absolute atomic E-state index is 0.0860. The first-order valence-corrected chi connectivity index (χ1v) is 33.1. The van der Waals surface area contributed by atoms with Crippen LogP contribution in [0.3, 0.4) is 0 Å². The van der Waals surface area contributed by atoms with E-state index < -0.39 is 6.10 Å². The summed E-state index contributed by atoms with van der Waals surface area (Å²) >= 11 is 0. The Balaban J connectivity index is 4.17. The lowest BCUT2D eigenvalue weighted by molar-refractivity contribution is -0.167. The fraction of sp³-hybridized carbons (Fsp3) is 0.761. The van der Waals surface area contributed by atoms with E-state index in [1.807, 2.05) is 0 Å². The molecule has 77 heavy (non-hydrogen) atoms. The molecule has 6 heteroatoms. The van der Waals surface area contributed by atoms with Crippen LogP contribution in [0.5, 0.6) is 0 Å². The summed E-state index contributed by atoms with van der Waals surface area (Å²) in [6.45, 7) is 6.46.